The van der Waals surface area contributed by atoms with Crippen LogP contribution in [0, 0.1) is 0 Å². The van der Waals surface area contributed by atoms with Gasteiger partial charge in [0.15, 0.2) is 18.0 Å². The van der Waals surface area contributed by atoms with Crippen LogP contribution in [-0.4, -0.2) is 103 Å². The molecule has 11 heteroatoms. The quantitative estimate of drug-likeness (QED) is 0.283. The number of alkyl halides is 1. The molecule has 0 bridgehead atoms. The Morgan fingerprint density at radius 1 is 1.09 bits per heavy atom. The molecule has 35 heavy (non-hydrogen) atoms. The number of esters is 1. The van der Waals surface area contributed by atoms with E-state index in [0.717, 1.165) is 12.8 Å². The normalized spacial score (nSPS) is 18.2. The van der Waals surface area contributed by atoms with Crippen LogP contribution in [0.25, 0.3) is 0 Å². The molecule has 2 amide bonds. The second-order valence-corrected chi connectivity index (χ2v) is 9.09. The lowest BCUT2D eigenvalue weighted by Gasteiger charge is -2.42. The van der Waals surface area contributed by atoms with Gasteiger partial charge in [0, 0.05) is 37.8 Å². The van der Waals surface area contributed by atoms with Crippen LogP contribution >= 0.6 is 11.6 Å². The van der Waals surface area contributed by atoms with Gasteiger partial charge in [0.2, 0.25) is 5.91 Å². The number of rotatable bonds is 9. The number of piperidine rings is 1. The fourth-order valence-electron chi connectivity index (χ4n) is 4.18. The molecule has 1 aromatic rings. The van der Waals surface area contributed by atoms with Crippen LogP contribution in [0.3, 0.4) is 0 Å². The molecular weight excluding hydrogens is 478 g/mol. The second-order valence-electron chi connectivity index (χ2n) is 8.47. The van der Waals surface area contributed by atoms with E-state index in [-0.39, 0.29) is 44.0 Å². The molecule has 192 valence electrons. The van der Waals surface area contributed by atoms with E-state index in [9.17, 15) is 19.2 Å². The number of hydrogen-bond donors (Lipinski definition) is 0. The second kappa shape index (κ2) is 12.7. The van der Waals surface area contributed by atoms with Gasteiger partial charge in [-0.15, -0.1) is 0 Å². The summed E-state index contributed by atoms with van der Waals surface area (Å²) in [5.41, 5.74) is -0.203. The zero-order valence-corrected chi connectivity index (χ0v) is 20.9. The number of benzene rings is 1. The average Bonchev–Trinajstić information content (AvgIpc) is 2.84. The molecule has 0 N–H and O–H groups in total. The zero-order chi connectivity index (χ0) is 25.4. The van der Waals surface area contributed by atoms with E-state index < -0.39 is 17.6 Å². The summed E-state index contributed by atoms with van der Waals surface area (Å²) in [6.07, 6.45) is 1.09. The lowest BCUT2D eigenvalue weighted by atomic mass is 10.0. The standard InChI is InChI=1S/C24H32ClN3O7/c1-3-33-23(31)16-34-20-6-4-18(5-7-20)21(29)14-28-13-12-27(15-22(28)30)19-8-10-26(11-9-19)24(32)35-17(2)25/h4-7,17,19H,3,8-16H2,1-2H3. The number of ketones is 1. The van der Waals surface area contributed by atoms with Gasteiger partial charge in [-0.2, -0.15) is 0 Å². The summed E-state index contributed by atoms with van der Waals surface area (Å²) in [7, 11) is 0. The Morgan fingerprint density at radius 2 is 1.77 bits per heavy atom. The van der Waals surface area contributed by atoms with Crippen LogP contribution in [0.1, 0.15) is 37.0 Å². The van der Waals surface area contributed by atoms with Crippen molar-refractivity contribution in [3.05, 3.63) is 29.8 Å². The van der Waals surface area contributed by atoms with Gasteiger partial charge < -0.3 is 24.0 Å². The van der Waals surface area contributed by atoms with Gasteiger partial charge in [-0.3, -0.25) is 14.5 Å². The molecule has 0 aliphatic carbocycles. The Labute approximate surface area is 210 Å². The van der Waals surface area contributed by atoms with Crippen LogP contribution in [0.2, 0.25) is 0 Å². The van der Waals surface area contributed by atoms with Crippen molar-refractivity contribution in [3.63, 3.8) is 0 Å². The molecule has 10 nitrogen and oxygen atoms in total. The number of halogens is 1. The van der Waals surface area contributed by atoms with Crippen LogP contribution in [0.5, 0.6) is 5.75 Å². The van der Waals surface area contributed by atoms with Crippen molar-refractivity contribution in [2.45, 2.75) is 38.3 Å². The van der Waals surface area contributed by atoms with E-state index in [0.29, 0.717) is 37.5 Å². The van der Waals surface area contributed by atoms with Crippen LogP contribution in [0.4, 0.5) is 4.79 Å². The fourth-order valence-corrected chi connectivity index (χ4v) is 4.26. The molecule has 2 fully saturated rings. The number of hydrogen-bond acceptors (Lipinski definition) is 8. The maximum absolute atomic E-state index is 12.7. The Kier molecular flexibility index (Phi) is 9.73. The van der Waals surface area contributed by atoms with E-state index in [1.807, 2.05) is 0 Å². The minimum absolute atomic E-state index is 0.0105. The first-order valence-corrected chi connectivity index (χ1v) is 12.2. The first kappa shape index (κ1) is 26.7. The maximum atomic E-state index is 12.7. The summed E-state index contributed by atoms with van der Waals surface area (Å²) in [5, 5.41) is 0. The number of piperazine rings is 1. The first-order chi connectivity index (χ1) is 16.8. The van der Waals surface area contributed by atoms with Gasteiger partial charge in [-0.25, -0.2) is 9.59 Å². The lowest BCUT2D eigenvalue weighted by Crippen LogP contribution is -2.56. The minimum Gasteiger partial charge on any atom is -0.482 e. The highest BCUT2D eigenvalue weighted by Crippen LogP contribution is 2.20. The van der Waals surface area contributed by atoms with E-state index in [1.165, 1.54) is 0 Å². The van der Waals surface area contributed by atoms with E-state index >= 15 is 0 Å². The van der Waals surface area contributed by atoms with Crippen molar-refractivity contribution in [2.24, 2.45) is 0 Å². The fraction of sp³-hybridized carbons (Fsp3) is 0.583. The van der Waals surface area contributed by atoms with Crippen LogP contribution < -0.4 is 4.74 Å². The van der Waals surface area contributed by atoms with Crippen molar-refractivity contribution in [1.82, 2.24) is 14.7 Å². The molecule has 1 atom stereocenters. The van der Waals surface area contributed by atoms with Crippen molar-refractivity contribution < 1.29 is 33.4 Å². The van der Waals surface area contributed by atoms with Crippen LogP contribution in [-0.2, 0) is 19.1 Å². The number of carbonyl (C=O) groups excluding carboxylic acids is 4. The molecule has 2 aliphatic heterocycles. The predicted molar refractivity (Wildman–Crippen MR) is 127 cm³/mol. The van der Waals surface area contributed by atoms with Gasteiger partial charge in [0.05, 0.1) is 19.7 Å². The van der Waals surface area contributed by atoms with Crippen molar-refractivity contribution >= 4 is 35.4 Å². The summed E-state index contributed by atoms with van der Waals surface area (Å²) in [6.45, 7) is 5.92. The van der Waals surface area contributed by atoms with E-state index in [1.54, 1.807) is 47.9 Å². The summed E-state index contributed by atoms with van der Waals surface area (Å²) >= 11 is 5.72. The molecule has 0 radical (unpaired) electrons. The molecule has 2 aliphatic rings. The molecular formula is C24H32ClN3O7. The van der Waals surface area contributed by atoms with Gasteiger partial charge in [0.1, 0.15) is 5.75 Å². The van der Waals surface area contributed by atoms with Crippen molar-refractivity contribution in [3.8, 4) is 5.75 Å². The molecule has 0 aromatic heterocycles. The number of ether oxygens (including phenoxy) is 3. The molecule has 0 saturated carbocycles. The topological polar surface area (TPSA) is 106 Å². The Morgan fingerprint density at radius 3 is 2.37 bits per heavy atom. The third kappa shape index (κ3) is 7.83. The van der Waals surface area contributed by atoms with Gasteiger partial charge in [-0.1, -0.05) is 11.6 Å². The monoisotopic (exact) mass is 509 g/mol. The summed E-state index contributed by atoms with van der Waals surface area (Å²) < 4.78 is 15.2. The summed E-state index contributed by atoms with van der Waals surface area (Å²) in [5.74, 6) is -0.254. The summed E-state index contributed by atoms with van der Waals surface area (Å²) in [4.78, 5) is 54.2. The smallest absolute Gasteiger partial charge is 0.411 e. The lowest BCUT2D eigenvalue weighted by molar-refractivity contribution is -0.145. The number of Topliss-reactive ketones (excluding diaryl/α,β-unsaturated/α-hetero) is 1. The third-order valence-electron chi connectivity index (χ3n) is 6.02. The SMILES string of the molecule is CCOC(=O)COc1ccc(C(=O)CN2CCN(C3CCN(C(=O)OC(C)Cl)CC3)CC2=O)cc1. The van der Waals surface area contributed by atoms with Gasteiger partial charge in [-0.05, 0) is 51.0 Å². The summed E-state index contributed by atoms with van der Waals surface area (Å²) in [6, 6.07) is 6.67. The first-order valence-electron chi connectivity index (χ1n) is 11.8. The Bertz CT molecular complexity index is 901. The van der Waals surface area contributed by atoms with Crippen molar-refractivity contribution in [2.75, 3.05) is 52.5 Å². The van der Waals surface area contributed by atoms with E-state index in [2.05, 4.69) is 4.90 Å². The number of carbonyl (C=O) groups is 4. The Balaban J connectivity index is 1.43. The van der Waals surface area contributed by atoms with E-state index in [4.69, 9.17) is 25.8 Å². The molecule has 2 heterocycles. The zero-order valence-electron chi connectivity index (χ0n) is 20.1. The van der Waals surface area contributed by atoms with Gasteiger partial charge in [0.25, 0.3) is 0 Å². The third-order valence-corrected chi connectivity index (χ3v) is 6.11. The molecule has 1 aromatic carbocycles. The maximum Gasteiger partial charge on any atom is 0.411 e. The molecule has 1 unspecified atom stereocenters. The predicted octanol–water partition coefficient (Wildman–Crippen LogP) is 2.14. The molecule has 3 rings (SSSR count). The van der Waals surface area contributed by atoms with Crippen molar-refractivity contribution in [1.29, 1.82) is 0 Å². The molecule has 2 saturated heterocycles. The number of amides is 2. The number of nitrogens with zero attached hydrogens (tertiary/aromatic N) is 3. The highest BCUT2D eigenvalue weighted by atomic mass is 35.5. The van der Waals surface area contributed by atoms with Crippen LogP contribution in [0.15, 0.2) is 24.3 Å². The minimum atomic E-state index is -0.670. The number of likely N-dealkylation sites (tertiary alicyclic amines) is 1. The van der Waals surface area contributed by atoms with Gasteiger partial charge >= 0.3 is 12.1 Å². The Hall–Kier alpha value is -2.85. The molecule has 0 spiro atoms. The highest BCUT2D eigenvalue weighted by molar-refractivity contribution is 6.19. The highest BCUT2D eigenvalue weighted by Gasteiger charge is 2.33. The largest absolute Gasteiger partial charge is 0.482 e. The average molecular weight is 510 g/mol.